The zero-order chi connectivity index (χ0) is 0. The molecule has 0 aromatic rings. The van der Waals surface area contributed by atoms with E-state index >= 15 is 0 Å². The Morgan fingerprint density at radius 2 is 1.00 bits per heavy atom. The molecule has 0 unspecified atom stereocenters. The van der Waals surface area contributed by atoms with Crippen molar-refractivity contribution in [3.8, 4) is 0 Å². The third kappa shape index (κ3) is 11.0. The Hall–Kier alpha value is 1.15. The first-order valence-electron chi connectivity index (χ1n) is 0. The third-order valence-electron chi connectivity index (χ3n) is 0. The third-order valence-corrected chi connectivity index (χ3v) is 0. The fraction of sp³-hybridized carbons (Fsp3) is 0. The van der Waals surface area contributed by atoms with Gasteiger partial charge in [-0.05, 0) is 0 Å². The molecule has 0 fully saturated rings. The first kappa shape index (κ1) is 66.7. The monoisotopic (exact) mass is 70.1 g/mol. The van der Waals surface area contributed by atoms with E-state index in [1.807, 2.05) is 0 Å². The van der Waals surface area contributed by atoms with E-state index in [1.54, 1.807) is 0 Å². The van der Waals surface area contributed by atoms with Gasteiger partial charge in [-0.25, -0.2) is 0 Å². The average molecular weight is 69.8 g/mol. The van der Waals surface area contributed by atoms with Crippen molar-refractivity contribution in [2.24, 2.45) is 0 Å². The van der Waals surface area contributed by atoms with Gasteiger partial charge in [0.2, 0.25) is 0 Å². The maximum absolute atomic E-state index is 0. The predicted octanol–water partition coefficient (Wildman–Crippen LogP) is -3.84. The van der Waals surface area contributed by atoms with Crippen molar-refractivity contribution in [2.75, 3.05) is 0 Å². The van der Waals surface area contributed by atoms with E-state index in [0.717, 1.165) is 0 Å². The van der Waals surface area contributed by atoms with Gasteiger partial charge in [-0.3, -0.25) is 0 Å². The minimum absolute atomic E-state index is 0. The molecule has 4 heteroatoms. The molecule has 0 aliphatic heterocycles. The van der Waals surface area contributed by atoms with Crippen molar-refractivity contribution in [3.63, 3.8) is 0 Å². The van der Waals surface area contributed by atoms with Crippen LogP contribution in [0.4, 0.5) is 0 Å². The van der Waals surface area contributed by atoms with E-state index in [1.165, 1.54) is 0 Å². The van der Waals surface area contributed by atoms with Gasteiger partial charge in [0.1, 0.15) is 0 Å². The summed E-state index contributed by atoms with van der Waals surface area (Å²) in [5.41, 5.74) is 0. The molecule has 0 aliphatic carbocycles. The quantitative estimate of drug-likeness (QED) is 0.261. The molecule has 0 heterocycles. The second kappa shape index (κ2) is 31.0. The fourth-order valence-electron chi connectivity index (χ4n) is 0. The zero-order valence-corrected chi connectivity index (χ0v) is 0.500. The van der Waals surface area contributed by atoms with Crippen LogP contribution in [0.5, 0.6) is 0 Å². The summed E-state index contributed by atoms with van der Waals surface area (Å²) in [6.45, 7) is 0. The van der Waals surface area contributed by atoms with Gasteiger partial charge in [0.15, 0.2) is 17.4 Å². The van der Waals surface area contributed by atoms with E-state index in [9.17, 15) is 0 Å². The van der Waals surface area contributed by atoms with Gasteiger partial charge < -0.3 is 5.48 Å². The molecule has 0 radical (unpaired) electrons. The summed E-state index contributed by atoms with van der Waals surface area (Å²) in [4.78, 5) is 0. The topological polar surface area (TPSA) is 31.5 Å². The van der Waals surface area contributed by atoms with Gasteiger partial charge in [0, 0.05) is 0 Å². The van der Waals surface area contributed by atoms with Crippen molar-refractivity contribution in [3.05, 3.63) is 0 Å². The Bertz CT molecular complexity index is 8.00. The van der Waals surface area contributed by atoms with Crippen molar-refractivity contribution in [2.45, 2.75) is 0 Å². The van der Waals surface area contributed by atoms with E-state index in [-0.39, 0.29) is 50.1 Å². The molecular formula is H9AlBLiO. The molecule has 0 amide bonds. The summed E-state index contributed by atoms with van der Waals surface area (Å²) in [7, 11) is 0. The van der Waals surface area contributed by atoms with Crippen LogP contribution in [0, 0.1) is 0 Å². The standard InChI is InChI=1S/Al.BH3.Li.H2O.4H/h;1H3;;1H2;;;;. The molecule has 0 saturated heterocycles. The van der Waals surface area contributed by atoms with Crippen LogP contribution in [0.2, 0.25) is 0 Å². The normalized spacial score (nSPS) is 0. The molecular weight excluding hydrogens is 60.7 g/mol. The summed E-state index contributed by atoms with van der Waals surface area (Å²) >= 11 is 0. The number of rotatable bonds is 0. The molecule has 0 aliphatic rings. The van der Waals surface area contributed by atoms with Crippen LogP contribution in [0.1, 0.15) is 0 Å². The van der Waals surface area contributed by atoms with Crippen LogP contribution in [-0.4, -0.2) is 50.1 Å². The van der Waals surface area contributed by atoms with Crippen molar-refractivity contribution < 1.29 is 5.48 Å². The van der Waals surface area contributed by atoms with Crippen LogP contribution in [0.25, 0.3) is 0 Å². The molecule has 4 heavy (non-hydrogen) atoms. The molecule has 0 bridgehead atoms. The number of hydrogen-bond acceptors (Lipinski definition) is 0. The molecule has 22 valence electrons. The van der Waals surface area contributed by atoms with Gasteiger partial charge >= 0.3 is 18.9 Å². The van der Waals surface area contributed by atoms with Crippen LogP contribution < -0.4 is 0 Å². The molecule has 0 spiro atoms. The second-order valence-corrected chi connectivity index (χ2v) is 0. The van der Waals surface area contributed by atoms with Crippen LogP contribution in [-0.2, 0) is 0 Å². The van der Waals surface area contributed by atoms with Crippen molar-refractivity contribution in [1.82, 2.24) is 0 Å². The first-order chi connectivity index (χ1) is 0. The summed E-state index contributed by atoms with van der Waals surface area (Å²) in [5.74, 6) is 0. The van der Waals surface area contributed by atoms with E-state index < -0.39 is 0 Å². The Morgan fingerprint density at radius 1 is 1.00 bits per heavy atom. The van der Waals surface area contributed by atoms with Crippen molar-refractivity contribution >= 4 is 44.6 Å². The molecule has 2 N–H and O–H groups in total. The minimum atomic E-state index is 0. The average Bonchev–Trinajstić information content (AvgIpc) is 0. The predicted molar refractivity (Wildman–Crippen MR) is 30.6 cm³/mol. The molecule has 0 rings (SSSR count). The van der Waals surface area contributed by atoms with Crippen molar-refractivity contribution in [1.29, 1.82) is 0 Å². The van der Waals surface area contributed by atoms with Crippen LogP contribution in [0.3, 0.4) is 0 Å². The van der Waals surface area contributed by atoms with Gasteiger partial charge in [-0.15, -0.1) is 0 Å². The SMILES string of the molecule is B.O.[AlH3].[LiH]. The zero-order valence-electron chi connectivity index (χ0n) is 0.500. The van der Waals surface area contributed by atoms with Crippen LogP contribution >= 0.6 is 0 Å². The van der Waals surface area contributed by atoms with Gasteiger partial charge in [0.25, 0.3) is 0 Å². The Morgan fingerprint density at radius 3 is 1.00 bits per heavy atom. The van der Waals surface area contributed by atoms with E-state index in [2.05, 4.69) is 0 Å². The molecule has 0 saturated carbocycles. The molecule has 0 aromatic carbocycles. The molecule has 0 aromatic heterocycles. The van der Waals surface area contributed by atoms with E-state index in [0.29, 0.717) is 0 Å². The summed E-state index contributed by atoms with van der Waals surface area (Å²) in [5, 5.41) is 0. The van der Waals surface area contributed by atoms with Gasteiger partial charge in [0.05, 0.1) is 8.41 Å². The van der Waals surface area contributed by atoms with Gasteiger partial charge in [-0.1, -0.05) is 0 Å². The summed E-state index contributed by atoms with van der Waals surface area (Å²) in [6.07, 6.45) is 0. The first-order valence-corrected chi connectivity index (χ1v) is 0. The summed E-state index contributed by atoms with van der Waals surface area (Å²) < 4.78 is 0. The number of hydrogen-bond donors (Lipinski definition) is 0. The Kier molecular flexibility index (Phi) is 517. The van der Waals surface area contributed by atoms with Crippen LogP contribution in [0.15, 0.2) is 0 Å². The maximum atomic E-state index is 0. The molecule has 1 nitrogen and oxygen atoms in total. The summed E-state index contributed by atoms with van der Waals surface area (Å²) in [6, 6.07) is 0. The second-order valence-electron chi connectivity index (χ2n) is 0. The Labute approximate surface area is 50.3 Å². The van der Waals surface area contributed by atoms with Gasteiger partial charge in [-0.2, -0.15) is 0 Å². The van der Waals surface area contributed by atoms with E-state index in [4.69, 9.17) is 0 Å². The fourth-order valence-corrected chi connectivity index (χ4v) is 0. The Balaban J connectivity index is 0. The molecule has 0 atom stereocenters.